The van der Waals surface area contributed by atoms with Crippen LogP contribution in [0.4, 0.5) is 18.9 Å². The number of nitrogens with one attached hydrogen (secondary N) is 1. The molecule has 0 aliphatic rings. The molecule has 1 heterocycles. The minimum absolute atomic E-state index is 0.0686. The summed E-state index contributed by atoms with van der Waals surface area (Å²) in [6, 6.07) is 12.3. The van der Waals surface area contributed by atoms with Crippen molar-refractivity contribution in [3.8, 4) is 17.4 Å². The largest absolute Gasteiger partial charge is 0.507 e. The zero-order chi connectivity index (χ0) is 20.3. The van der Waals surface area contributed by atoms with Gasteiger partial charge in [0.25, 0.3) is 5.91 Å². The molecular weight excluding hydrogens is 397 g/mol. The first-order valence-corrected chi connectivity index (χ1v) is 8.22. The third-order valence-electron chi connectivity index (χ3n) is 3.62. The van der Waals surface area contributed by atoms with Gasteiger partial charge in [0.1, 0.15) is 11.5 Å². The van der Waals surface area contributed by atoms with Crippen LogP contribution in [-0.2, 0) is 6.18 Å². The number of carbonyl (C=O) groups excluding carboxylic acids is 1. The number of benzene rings is 2. The number of ether oxygens (including phenoxy) is 1. The zero-order valence-electron chi connectivity index (χ0n) is 14.0. The summed E-state index contributed by atoms with van der Waals surface area (Å²) in [5.74, 6) is -0.623. The molecule has 2 aromatic carbocycles. The van der Waals surface area contributed by atoms with Crippen molar-refractivity contribution in [2.75, 3.05) is 5.32 Å². The van der Waals surface area contributed by atoms with Crippen LogP contribution >= 0.6 is 11.6 Å². The van der Waals surface area contributed by atoms with Gasteiger partial charge in [-0.3, -0.25) is 4.79 Å². The molecule has 0 spiro atoms. The van der Waals surface area contributed by atoms with E-state index in [9.17, 15) is 23.1 Å². The van der Waals surface area contributed by atoms with Crippen molar-refractivity contribution in [3.05, 3.63) is 76.9 Å². The van der Waals surface area contributed by atoms with Gasteiger partial charge in [0.2, 0.25) is 5.88 Å². The number of aromatic nitrogens is 1. The number of anilines is 1. The van der Waals surface area contributed by atoms with Crippen LogP contribution in [0.25, 0.3) is 0 Å². The van der Waals surface area contributed by atoms with Crippen LogP contribution in [0.1, 0.15) is 15.9 Å². The maximum Gasteiger partial charge on any atom is 0.417 e. The van der Waals surface area contributed by atoms with Crippen LogP contribution in [0.15, 0.2) is 60.8 Å². The Morgan fingerprint density at radius 1 is 1.11 bits per heavy atom. The molecule has 0 saturated carbocycles. The first-order valence-electron chi connectivity index (χ1n) is 7.84. The average Bonchev–Trinajstić information content (AvgIpc) is 2.64. The number of rotatable bonds is 4. The van der Waals surface area contributed by atoms with E-state index >= 15 is 0 Å². The van der Waals surface area contributed by atoms with Crippen molar-refractivity contribution in [1.82, 2.24) is 4.98 Å². The summed E-state index contributed by atoms with van der Waals surface area (Å²) < 4.78 is 43.0. The molecule has 3 aromatic rings. The van der Waals surface area contributed by atoms with E-state index in [1.807, 2.05) is 0 Å². The van der Waals surface area contributed by atoms with Gasteiger partial charge in [0.05, 0.1) is 16.1 Å². The summed E-state index contributed by atoms with van der Waals surface area (Å²) in [6.45, 7) is 0. The van der Waals surface area contributed by atoms with Gasteiger partial charge < -0.3 is 15.2 Å². The first-order chi connectivity index (χ1) is 13.2. The smallest absolute Gasteiger partial charge is 0.417 e. The van der Waals surface area contributed by atoms with Gasteiger partial charge in [-0.25, -0.2) is 4.98 Å². The second-order valence-corrected chi connectivity index (χ2v) is 6.01. The van der Waals surface area contributed by atoms with Crippen molar-refractivity contribution >= 4 is 23.2 Å². The summed E-state index contributed by atoms with van der Waals surface area (Å²) in [5, 5.41) is 12.4. The Labute approximate surface area is 162 Å². The molecule has 0 fully saturated rings. The van der Waals surface area contributed by atoms with Gasteiger partial charge in [-0.2, -0.15) is 13.2 Å². The summed E-state index contributed by atoms with van der Waals surface area (Å²) in [7, 11) is 0. The predicted molar refractivity (Wildman–Crippen MR) is 96.8 cm³/mol. The minimum atomic E-state index is -4.49. The lowest BCUT2D eigenvalue weighted by Gasteiger charge is -2.11. The molecule has 0 unspecified atom stereocenters. The second-order valence-electron chi connectivity index (χ2n) is 5.60. The Balaban J connectivity index is 1.72. The highest BCUT2D eigenvalue weighted by atomic mass is 35.5. The number of aromatic hydroxyl groups is 1. The van der Waals surface area contributed by atoms with Gasteiger partial charge in [0, 0.05) is 18.0 Å². The second kappa shape index (κ2) is 7.77. The Hall–Kier alpha value is -3.26. The van der Waals surface area contributed by atoms with E-state index in [0.29, 0.717) is 11.9 Å². The van der Waals surface area contributed by atoms with Crippen LogP contribution in [0.2, 0.25) is 5.02 Å². The molecule has 144 valence electrons. The molecule has 5 nitrogen and oxygen atoms in total. The molecular formula is C19H12ClF3N2O3. The number of nitrogens with zero attached hydrogens (tertiary/aromatic N) is 1. The van der Waals surface area contributed by atoms with Gasteiger partial charge in [-0.1, -0.05) is 23.7 Å². The highest BCUT2D eigenvalue weighted by Crippen LogP contribution is 2.33. The maximum absolute atomic E-state index is 12.6. The molecule has 0 aliphatic heterocycles. The highest BCUT2D eigenvalue weighted by Gasteiger charge is 2.30. The number of para-hydroxylation sites is 1. The molecule has 0 atom stereocenters. The summed E-state index contributed by atoms with van der Waals surface area (Å²) >= 11 is 6.11. The number of carbonyl (C=O) groups is 1. The molecule has 0 radical (unpaired) electrons. The molecule has 0 bridgehead atoms. The van der Waals surface area contributed by atoms with E-state index in [4.69, 9.17) is 16.3 Å². The number of pyridine rings is 1. The van der Waals surface area contributed by atoms with Crippen LogP contribution in [-0.4, -0.2) is 16.0 Å². The lowest BCUT2D eigenvalue weighted by Crippen LogP contribution is -2.11. The summed E-state index contributed by atoms with van der Waals surface area (Å²) in [6.07, 6.45) is -3.83. The normalized spacial score (nSPS) is 11.1. The topological polar surface area (TPSA) is 71.5 Å². The molecule has 28 heavy (non-hydrogen) atoms. The number of hydrogen-bond donors (Lipinski definition) is 2. The van der Waals surface area contributed by atoms with Crippen molar-refractivity contribution in [1.29, 1.82) is 0 Å². The Bertz CT molecular complexity index is 1010. The molecule has 3 rings (SSSR count). The third-order valence-corrected chi connectivity index (χ3v) is 3.91. The maximum atomic E-state index is 12.6. The van der Waals surface area contributed by atoms with Crippen LogP contribution in [0, 0.1) is 0 Å². The number of amides is 1. The van der Waals surface area contributed by atoms with E-state index in [1.54, 1.807) is 12.1 Å². The Kier molecular flexibility index (Phi) is 5.41. The molecule has 2 N–H and O–H groups in total. The molecule has 9 heteroatoms. The van der Waals surface area contributed by atoms with E-state index in [2.05, 4.69) is 10.3 Å². The average molecular weight is 409 g/mol. The van der Waals surface area contributed by atoms with Crippen molar-refractivity contribution < 1.29 is 27.8 Å². The van der Waals surface area contributed by atoms with Gasteiger partial charge >= 0.3 is 6.18 Å². The van der Waals surface area contributed by atoms with E-state index in [0.717, 1.165) is 12.1 Å². The monoisotopic (exact) mass is 408 g/mol. The van der Waals surface area contributed by atoms with Gasteiger partial charge in [-0.15, -0.1) is 0 Å². The fourth-order valence-electron chi connectivity index (χ4n) is 2.25. The van der Waals surface area contributed by atoms with Crippen LogP contribution < -0.4 is 10.1 Å². The zero-order valence-corrected chi connectivity index (χ0v) is 14.8. The number of alkyl halides is 3. The molecule has 0 saturated heterocycles. The Morgan fingerprint density at radius 3 is 2.46 bits per heavy atom. The van der Waals surface area contributed by atoms with E-state index < -0.39 is 17.6 Å². The highest BCUT2D eigenvalue weighted by molar-refractivity contribution is 6.32. The molecule has 1 aromatic heterocycles. The number of phenols is 1. The van der Waals surface area contributed by atoms with Crippen molar-refractivity contribution in [2.24, 2.45) is 0 Å². The summed E-state index contributed by atoms with van der Waals surface area (Å²) in [5.41, 5.74) is -0.466. The van der Waals surface area contributed by atoms with Gasteiger partial charge in [0.15, 0.2) is 0 Å². The minimum Gasteiger partial charge on any atom is -0.507 e. The quantitative estimate of drug-likeness (QED) is 0.597. The Morgan fingerprint density at radius 2 is 1.86 bits per heavy atom. The van der Waals surface area contributed by atoms with E-state index in [-0.39, 0.29) is 28.0 Å². The predicted octanol–water partition coefficient (Wildman–Crippen LogP) is 5.50. The third kappa shape index (κ3) is 4.52. The lowest BCUT2D eigenvalue weighted by molar-refractivity contribution is -0.137. The van der Waals surface area contributed by atoms with E-state index in [1.165, 1.54) is 30.3 Å². The summed E-state index contributed by atoms with van der Waals surface area (Å²) in [4.78, 5) is 15.8. The fraction of sp³-hybridized carbons (Fsp3) is 0.0526. The SMILES string of the molecule is O=C(Nc1ccc(Oc2ccc(C(F)(F)F)cn2)c(Cl)c1)c1ccccc1O. The van der Waals surface area contributed by atoms with Crippen molar-refractivity contribution in [3.63, 3.8) is 0 Å². The van der Waals surface area contributed by atoms with Crippen molar-refractivity contribution in [2.45, 2.75) is 6.18 Å². The van der Waals surface area contributed by atoms with Crippen LogP contribution in [0.5, 0.6) is 17.4 Å². The molecule has 0 aliphatic carbocycles. The number of halogens is 4. The van der Waals surface area contributed by atoms with Gasteiger partial charge in [-0.05, 0) is 36.4 Å². The first kappa shape index (κ1) is 19.5. The lowest BCUT2D eigenvalue weighted by atomic mass is 10.2. The molecule has 1 amide bonds. The number of hydrogen-bond acceptors (Lipinski definition) is 4. The fourth-order valence-corrected chi connectivity index (χ4v) is 2.47. The standard InChI is InChI=1S/C19H12ClF3N2O3/c20-14-9-12(25-18(27)13-3-1-2-4-15(13)26)6-7-16(14)28-17-8-5-11(10-24-17)19(21,22)23/h1-10,26H,(H,25,27). The van der Waals surface area contributed by atoms with Crippen LogP contribution in [0.3, 0.4) is 0 Å². The number of phenolic OH excluding ortho intramolecular Hbond substituents is 1.